The number of nitrogens with zero attached hydrogens (tertiary/aromatic N) is 6. The van der Waals surface area contributed by atoms with Crippen LogP contribution in [0.2, 0.25) is 5.02 Å². The maximum atomic E-state index is 14.7. The largest absolute Gasteiger partial charge is 0.463 e. The molecule has 6 rings (SSSR count). The molecule has 1 amide bonds. The van der Waals surface area contributed by atoms with Gasteiger partial charge in [0.1, 0.15) is 23.8 Å². The number of benzene rings is 2. The quantitative estimate of drug-likeness (QED) is 0.214. The fourth-order valence-corrected chi connectivity index (χ4v) is 6.43. The SMILES string of the molecule is C=C(C)C(=O)N1CCN(c2nc(OC[C@@H]3CCCN3C)nc3cc(-c4cc(N)cc(F)c4Cl)c4ccoc4c23)C[C@@H]1CC#N. The summed E-state index contributed by atoms with van der Waals surface area (Å²) in [6.45, 7) is 8.09. The standard InChI is InChI=1S/C32H33ClFN7O3/c1-18(2)31(42)41-11-10-40(16-20(41)6-8-35)30-27-26(37-32(38-30)44-17-21-5-4-9-39(21)3)15-23(22-7-12-43-29(22)27)24-13-19(36)14-25(34)28(24)33/h7,12-15,20-21H,1,4-6,9-11,16-17,36H2,2-3H3/t20-,21-/m0/s1. The molecule has 4 heterocycles. The Balaban J connectivity index is 1.50. The molecule has 0 saturated carbocycles. The van der Waals surface area contributed by atoms with Gasteiger partial charge in [0.05, 0.1) is 40.7 Å². The molecule has 2 aliphatic heterocycles. The normalized spacial score (nSPS) is 19.1. The van der Waals surface area contributed by atoms with Gasteiger partial charge in [0.15, 0.2) is 0 Å². The molecule has 2 atom stereocenters. The monoisotopic (exact) mass is 617 g/mol. The summed E-state index contributed by atoms with van der Waals surface area (Å²) in [6.07, 6.45) is 3.81. The van der Waals surface area contributed by atoms with Crippen LogP contribution in [0.5, 0.6) is 6.01 Å². The van der Waals surface area contributed by atoms with Crippen molar-refractivity contribution in [1.29, 1.82) is 5.26 Å². The second-order valence-corrected chi connectivity index (χ2v) is 11.9. The zero-order valence-corrected chi connectivity index (χ0v) is 25.4. The number of furan rings is 1. The van der Waals surface area contributed by atoms with Crippen molar-refractivity contribution in [2.45, 2.75) is 38.3 Å². The molecule has 0 bridgehead atoms. The molecule has 0 unspecified atom stereocenters. The van der Waals surface area contributed by atoms with E-state index in [-0.39, 0.29) is 41.1 Å². The summed E-state index contributed by atoms with van der Waals surface area (Å²) < 4.78 is 27.0. The Morgan fingerprint density at radius 2 is 2.07 bits per heavy atom. The van der Waals surface area contributed by atoms with Crippen molar-refractivity contribution >= 4 is 50.9 Å². The first-order valence-corrected chi connectivity index (χ1v) is 14.9. The third-order valence-corrected chi connectivity index (χ3v) is 8.90. The van der Waals surface area contributed by atoms with Crippen molar-refractivity contribution in [2.75, 3.05) is 50.5 Å². The number of ether oxygens (including phenoxy) is 1. The molecular weight excluding hydrogens is 585 g/mol. The molecule has 2 fully saturated rings. The van der Waals surface area contributed by atoms with Crippen LogP contribution in [-0.2, 0) is 4.79 Å². The maximum Gasteiger partial charge on any atom is 0.319 e. The summed E-state index contributed by atoms with van der Waals surface area (Å²) in [5, 5.41) is 10.9. The average Bonchev–Trinajstić information content (AvgIpc) is 3.66. The highest BCUT2D eigenvalue weighted by Crippen LogP contribution is 2.43. The molecule has 2 saturated heterocycles. The number of hydrogen-bond acceptors (Lipinski definition) is 9. The van der Waals surface area contributed by atoms with Gasteiger partial charge in [-0.15, -0.1) is 0 Å². The Hall–Kier alpha value is -4.40. The van der Waals surface area contributed by atoms with Gasteiger partial charge in [-0.25, -0.2) is 4.39 Å². The number of nitrogens with two attached hydrogens (primary N) is 1. The van der Waals surface area contributed by atoms with Crippen molar-refractivity contribution in [3.8, 4) is 23.2 Å². The molecule has 2 aliphatic rings. The van der Waals surface area contributed by atoms with E-state index in [1.54, 1.807) is 30.2 Å². The van der Waals surface area contributed by atoms with Gasteiger partial charge < -0.3 is 29.6 Å². The van der Waals surface area contributed by atoms with Gasteiger partial charge in [-0.3, -0.25) is 4.79 Å². The minimum Gasteiger partial charge on any atom is -0.463 e. The van der Waals surface area contributed by atoms with Gasteiger partial charge in [-0.05, 0) is 63.2 Å². The van der Waals surface area contributed by atoms with E-state index in [4.69, 9.17) is 36.5 Å². The van der Waals surface area contributed by atoms with Gasteiger partial charge in [0, 0.05) is 47.9 Å². The van der Waals surface area contributed by atoms with Crippen LogP contribution >= 0.6 is 11.6 Å². The molecule has 2 N–H and O–H groups in total. The lowest BCUT2D eigenvalue weighted by atomic mass is 9.98. The minimum atomic E-state index is -0.628. The van der Waals surface area contributed by atoms with E-state index in [2.05, 4.69) is 24.6 Å². The summed E-state index contributed by atoms with van der Waals surface area (Å²) in [5.41, 5.74) is 8.68. The molecule has 12 heteroatoms. The van der Waals surface area contributed by atoms with Crippen LogP contribution in [0.25, 0.3) is 33.0 Å². The molecule has 228 valence electrons. The molecule has 2 aromatic carbocycles. The van der Waals surface area contributed by atoms with Crippen LogP contribution in [-0.4, -0.2) is 77.6 Å². The maximum absolute atomic E-state index is 14.7. The number of carbonyl (C=O) groups excluding carboxylic acids is 1. The predicted molar refractivity (Wildman–Crippen MR) is 168 cm³/mol. The van der Waals surface area contributed by atoms with Gasteiger partial charge in [0.25, 0.3) is 0 Å². The summed E-state index contributed by atoms with van der Waals surface area (Å²) in [6, 6.07) is 8.68. The number of nitriles is 1. The van der Waals surface area contributed by atoms with E-state index in [0.29, 0.717) is 70.6 Å². The first-order chi connectivity index (χ1) is 21.2. The Kier molecular flexibility index (Phi) is 8.05. The van der Waals surface area contributed by atoms with Crippen LogP contribution in [0.1, 0.15) is 26.2 Å². The highest BCUT2D eigenvalue weighted by molar-refractivity contribution is 6.34. The Morgan fingerprint density at radius 3 is 2.80 bits per heavy atom. The number of nitrogen functional groups attached to an aromatic ring is 1. The summed E-state index contributed by atoms with van der Waals surface area (Å²) in [5.74, 6) is -0.241. The van der Waals surface area contributed by atoms with Crippen molar-refractivity contribution in [1.82, 2.24) is 19.8 Å². The lowest BCUT2D eigenvalue weighted by Crippen LogP contribution is -2.55. The fourth-order valence-electron chi connectivity index (χ4n) is 6.22. The molecule has 44 heavy (non-hydrogen) atoms. The summed E-state index contributed by atoms with van der Waals surface area (Å²) >= 11 is 6.45. The van der Waals surface area contributed by atoms with Crippen LogP contribution < -0.4 is 15.4 Å². The number of piperazine rings is 1. The van der Waals surface area contributed by atoms with Crippen molar-refractivity contribution in [2.24, 2.45) is 0 Å². The Bertz CT molecular complexity index is 1820. The molecule has 0 radical (unpaired) electrons. The van der Waals surface area contributed by atoms with E-state index in [9.17, 15) is 14.4 Å². The van der Waals surface area contributed by atoms with Crippen LogP contribution in [0, 0.1) is 17.1 Å². The van der Waals surface area contributed by atoms with Crippen molar-refractivity contribution < 1.29 is 18.3 Å². The van der Waals surface area contributed by atoms with Gasteiger partial charge in [0.2, 0.25) is 5.91 Å². The number of hydrogen-bond donors (Lipinski definition) is 1. The first kappa shape index (κ1) is 29.7. The molecule has 10 nitrogen and oxygen atoms in total. The number of amides is 1. The zero-order chi connectivity index (χ0) is 31.1. The smallest absolute Gasteiger partial charge is 0.319 e. The van der Waals surface area contributed by atoms with E-state index >= 15 is 0 Å². The van der Waals surface area contributed by atoms with E-state index in [1.807, 2.05) is 11.0 Å². The fraction of sp³-hybridized carbons (Fsp3) is 0.375. The van der Waals surface area contributed by atoms with Gasteiger partial charge in [-0.1, -0.05) is 18.2 Å². The summed E-state index contributed by atoms with van der Waals surface area (Å²) in [7, 11) is 2.07. The third kappa shape index (κ3) is 5.40. The lowest BCUT2D eigenvalue weighted by molar-refractivity contribution is -0.129. The zero-order valence-electron chi connectivity index (χ0n) is 24.6. The van der Waals surface area contributed by atoms with E-state index in [1.165, 1.54) is 6.07 Å². The number of carbonyl (C=O) groups is 1. The third-order valence-electron chi connectivity index (χ3n) is 8.51. The van der Waals surface area contributed by atoms with Crippen LogP contribution in [0.4, 0.5) is 15.9 Å². The highest BCUT2D eigenvalue weighted by Gasteiger charge is 2.33. The Labute approximate surface area is 259 Å². The number of anilines is 2. The molecule has 0 aliphatic carbocycles. The first-order valence-electron chi connectivity index (χ1n) is 14.5. The van der Waals surface area contributed by atoms with Crippen molar-refractivity contribution in [3.05, 3.63) is 53.5 Å². The highest BCUT2D eigenvalue weighted by atomic mass is 35.5. The van der Waals surface area contributed by atoms with Crippen LogP contribution in [0.15, 0.2) is 47.1 Å². The molecule has 0 spiro atoms. The number of likely N-dealkylation sites (tertiary alicyclic amines) is 1. The summed E-state index contributed by atoms with van der Waals surface area (Å²) in [4.78, 5) is 28.6. The van der Waals surface area contributed by atoms with E-state index in [0.717, 1.165) is 19.4 Å². The topological polar surface area (TPSA) is 125 Å². The lowest BCUT2D eigenvalue weighted by Gasteiger charge is -2.41. The number of rotatable bonds is 7. The Morgan fingerprint density at radius 1 is 1.25 bits per heavy atom. The number of halogens is 2. The predicted octanol–water partition coefficient (Wildman–Crippen LogP) is 5.40. The number of likely N-dealkylation sites (N-methyl/N-ethyl adjacent to an activating group) is 1. The second kappa shape index (κ2) is 11.9. The van der Waals surface area contributed by atoms with Crippen molar-refractivity contribution in [3.63, 3.8) is 0 Å². The van der Waals surface area contributed by atoms with E-state index < -0.39 is 5.82 Å². The molecular formula is C32H33ClFN7O3. The van der Waals surface area contributed by atoms with Crippen LogP contribution in [0.3, 0.4) is 0 Å². The number of fused-ring (bicyclic) bond motifs is 3. The minimum absolute atomic E-state index is 0.0614. The second-order valence-electron chi connectivity index (χ2n) is 11.5. The number of aromatic nitrogens is 2. The van der Waals surface area contributed by atoms with Gasteiger partial charge >= 0.3 is 6.01 Å². The molecule has 4 aromatic rings. The average molecular weight is 618 g/mol. The van der Waals surface area contributed by atoms with Gasteiger partial charge in [-0.2, -0.15) is 15.2 Å². The molecule has 2 aromatic heterocycles.